The van der Waals surface area contributed by atoms with E-state index >= 15 is 0 Å². The molecule has 0 aliphatic heterocycles. The molecule has 0 unspecified atom stereocenters. The molecule has 1 heterocycles. The Labute approximate surface area is 136 Å². The molecule has 0 bridgehead atoms. The van der Waals surface area contributed by atoms with Gasteiger partial charge in [-0.15, -0.1) is 0 Å². The van der Waals surface area contributed by atoms with Gasteiger partial charge in [-0.1, -0.05) is 19.4 Å². The fourth-order valence-electron chi connectivity index (χ4n) is 2.05. The summed E-state index contributed by atoms with van der Waals surface area (Å²) >= 11 is 0. The predicted octanol–water partition coefficient (Wildman–Crippen LogP) is 3.14. The molecule has 2 rings (SSSR count). The Balaban J connectivity index is 1.86. The van der Waals surface area contributed by atoms with Crippen molar-refractivity contribution in [1.82, 2.24) is 10.3 Å². The minimum atomic E-state index is -0.155. The maximum atomic E-state index is 12.1. The van der Waals surface area contributed by atoms with E-state index in [0.29, 0.717) is 24.2 Å². The van der Waals surface area contributed by atoms with E-state index in [0.717, 1.165) is 18.4 Å². The van der Waals surface area contributed by atoms with Crippen LogP contribution in [-0.4, -0.2) is 16.8 Å². The lowest BCUT2D eigenvalue weighted by Crippen LogP contribution is -2.22. The topological polar surface area (TPSA) is 71.1 Å². The molecule has 0 saturated carbocycles. The van der Waals surface area contributed by atoms with E-state index in [1.54, 1.807) is 36.7 Å². The van der Waals surface area contributed by atoms with Gasteiger partial charge in [0.25, 0.3) is 5.91 Å². The Morgan fingerprint density at radius 3 is 2.57 bits per heavy atom. The molecular weight excluding hydrogens is 290 g/mol. The van der Waals surface area contributed by atoms with Crippen molar-refractivity contribution in [2.24, 2.45) is 0 Å². The van der Waals surface area contributed by atoms with Gasteiger partial charge in [0.1, 0.15) is 0 Å². The van der Waals surface area contributed by atoms with Crippen molar-refractivity contribution >= 4 is 17.5 Å². The number of hydrogen-bond donors (Lipinski definition) is 2. The molecule has 0 spiro atoms. The first kappa shape index (κ1) is 16.7. The number of anilines is 1. The molecule has 0 atom stereocenters. The van der Waals surface area contributed by atoms with E-state index in [1.807, 2.05) is 19.1 Å². The number of aromatic nitrogens is 1. The normalized spacial score (nSPS) is 10.1. The number of amides is 2. The predicted molar refractivity (Wildman–Crippen MR) is 90.0 cm³/mol. The minimum absolute atomic E-state index is 0.000583. The van der Waals surface area contributed by atoms with Crippen molar-refractivity contribution in [2.45, 2.75) is 32.7 Å². The molecule has 5 heteroatoms. The van der Waals surface area contributed by atoms with Crippen LogP contribution >= 0.6 is 0 Å². The summed E-state index contributed by atoms with van der Waals surface area (Å²) in [6.07, 6.45) is 5.79. The summed E-state index contributed by atoms with van der Waals surface area (Å²) in [6.45, 7) is 2.48. The van der Waals surface area contributed by atoms with Crippen LogP contribution in [0.15, 0.2) is 48.8 Å². The number of carbonyl (C=O) groups is 2. The summed E-state index contributed by atoms with van der Waals surface area (Å²) in [4.78, 5) is 27.7. The molecule has 0 aliphatic rings. The quantitative estimate of drug-likeness (QED) is 0.825. The van der Waals surface area contributed by atoms with Crippen LogP contribution in [0.1, 0.15) is 42.1 Å². The van der Waals surface area contributed by atoms with Gasteiger partial charge in [0.05, 0.1) is 0 Å². The van der Waals surface area contributed by atoms with E-state index in [-0.39, 0.29) is 11.8 Å². The van der Waals surface area contributed by atoms with Gasteiger partial charge in [-0.3, -0.25) is 14.6 Å². The van der Waals surface area contributed by atoms with E-state index in [4.69, 9.17) is 0 Å². The van der Waals surface area contributed by atoms with Crippen molar-refractivity contribution in [1.29, 1.82) is 0 Å². The van der Waals surface area contributed by atoms with Crippen LogP contribution in [-0.2, 0) is 11.3 Å². The summed E-state index contributed by atoms with van der Waals surface area (Å²) < 4.78 is 0. The first-order valence-electron chi connectivity index (χ1n) is 7.76. The third-order valence-electron chi connectivity index (χ3n) is 3.36. The van der Waals surface area contributed by atoms with E-state index in [9.17, 15) is 9.59 Å². The van der Waals surface area contributed by atoms with Crippen LogP contribution in [0.4, 0.5) is 5.69 Å². The summed E-state index contributed by atoms with van der Waals surface area (Å²) in [5, 5.41) is 5.66. The van der Waals surface area contributed by atoms with Crippen molar-refractivity contribution in [3.05, 3.63) is 59.9 Å². The zero-order valence-corrected chi connectivity index (χ0v) is 13.2. The maximum Gasteiger partial charge on any atom is 0.251 e. The lowest BCUT2D eigenvalue weighted by Gasteiger charge is -2.07. The lowest BCUT2D eigenvalue weighted by molar-refractivity contribution is -0.116. The molecule has 23 heavy (non-hydrogen) atoms. The van der Waals surface area contributed by atoms with Crippen molar-refractivity contribution in [3.63, 3.8) is 0 Å². The molecule has 0 fully saturated rings. The third-order valence-corrected chi connectivity index (χ3v) is 3.36. The number of unbranched alkanes of at least 4 members (excludes halogenated alkanes) is 1. The fraction of sp³-hybridized carbons (Fsp3) is 0.278. The second-order valence-electron chi connectivity index (χ2n) is 5.27. The molecule has 120 valence electrons. The molecule has 2 aromatic rings. The monoisotopic (exact) mass is 311 g/mol. The highest BCUT2D eigenvalue weighted by molar-refractivity contribution is 5.95. The second-order valence-corrected chi connectivity index (χ2v) is 5.27. The van der Waals surface area contributed by atoms with Crippen molar-refractivity contribution in [3.8, 4) is 0 Å². The van der Waals surface area contributed by atoms with Gasteiger partial charge >= 0.3 is 0 Å². The summed E-state index contributed by atoms with van der Waals surface area (Å²) in [6, 6.07) is 10.6. The van der Waals surface area contributed by atoms with Gasteiger partial charge in [-0.2, -0.15) is 0 Å². The second kappa shape index (κ2) is 8.68. The van der Waals surface area contributed by atoms with Crippen molar-refractivity contribution < 1.29 is 9.59 Å². The summed E-state index contributed by atoms with van der Waals surface area (Å²) in [7, 11) is 0. The number of carbonyl (C=O) groups excluding carboxylic acids is 2. The third kappa shape index (κ3) is 5.54. The van der Waals surface area contributed by atoms with Gasteiger partial charge in [0, 0.05) is 36.6 Å². The largest absolute Gasteiger partial charge is 0.348 e. The Kier molecular flexibility index (Phi) is 6.29. The number of rotatable bonds is 7. The number of nitrogens with one attached hydrogen (secondary N) is 2. The van der Waals surface area contributed by atoms with Gasteiger partial charge in [0.2, 0.25) is 5.91 Å². The van der Waals surface area contributed by atoms with Gasteiger partial charge in [0.15, 0.2) is 0 Å². The van der Waals surface area contributed by atoms with Gasteiger partial charge in [-0.05, 0) is 42.3 Å². The number of pyridine rings is 1. The Morgan fingerprint density at radius 2 is 1.91 bits per heavy atom. The van der Waals surface area contributed by atoms with Crippen LogP contribution in [0, 0.1) is 0 Å². The highest BCUT2D eigenvalue weighted by Crippen LogP contribution is 2.11. The summed E-state index contributed by atoms with van der Waals surface area (Å²) in [5.41, 5.74) is 2.20. The number of hydrogen-bond acceptors (Lipinski definition) is 3. The van der Waals surface area contributed by atoms with Crippen LogP contribution in [0.25, 0.3) is 0 Å². The fourth-order valence-corrected chi connectivity index (χ4v) is 2.05. The van der Waals surface area contributed by atoms with Gasteiger partial charge in [-0.25, -0.2) is 0 Å². The van der Waals surface area contributed by atoms with Crippen LogP contribution in [0.3, 0.4) is 0 Å². The van der Waals surface area contributed by atoms with Crippen LogP contribution in [0.2, 0.25) is 0 Å². The maximum absolute atomic E-state index is 12.1. The Morgan fingerprint density at radius 1 is 1.13 bits per heavy atom. The minimum Gasteiger partial charge on any atom is -0.348 e. The van der Waals surface area contributed by atoms with Crippen LogP contribution in [0.5, 0.6) is 0 Å². The smallest absolute Gasteiger partial charge is 0.251 e. The first-order valence-corrected chi connectivity index (χ1v) is 7.76. The van der Waals surface area contributed by atoms with Crippen molar-refractivity contribution in [2.75, 3.05) is 5.32 Å². The molecule has 2 amide bonds. The highest BCUT2D eigenvalue weighted by atomic mass is 16.2. The average molecular weight is 311 g/mol. The molecule has 1 aromatic carbocycles. The van der Waals surface area contributed by atoms with E-state index < -0.39 is 0 Å². The number of nitrogens with zero attached hydrogens (tertiary/aromatic N) is 1. The molecule has 0 aliphatic carbocycles. The SMILES string of the molecule is CCCCC(=O)Nc1ccc(C(=O)NCc2cccnc2)cc1. The number of benzene rings is 1. The Bertz CT molecular complexity index is 639. The van der Waals surface area contributed by atoms with Crippen LogP contribution < -0.4 is 10.6 Å². The van der Waals surface area contributed by atoms with E-state index in [1.165, 1.54) is 0 Å². The molecule has 5 nitrogen and oxygen atoms in total. The molecule has 0 saturated heterocycles. The standard InChI is InChI=1S/C18H21N3O2/c1-2-3-6-17(22)21-16-9-7-15(8-10-16)18(23)20-13-14-5-4-11-19-12-14/h4-5,7-12H,2-3,6,13H2,1H3,(H,20,23)(H,21,22). The summed E-state index contributed by atoms with van der Waals surface area (Å²) in [5.74, 6) is -0.154. The zero-order valence-electron chi connectivity index (χ0n) is 13.2. The molecule has 0 radical (unpaired) electrons. The van der Waals surface area contributed by atoms with Gasteiger partial charge < -0.3 is 10.6 Å². The zero-order chi connectivity index (χ0) is 16.5. The lowest BCUT2D eigenvalue weighted by atomic mass is 10.1. The molecule has 1 aromatic heterocycles. The Hall–Kier alpha value is -2.69. The highest BCUT2D eigenvalue weighted by Gasteiger charge is 2.06. The molecular formula is C18H21N3O2. The average Bonchev–Trinajstić information content (AvgIpc) is 2.59. The molecule has 2 N–H and O–H groups in total. The first-order chi connectivity index (χ1) is 11.2. The van der Waals surface area contributed by atoms with E-state index in [2.05, 4.69) is 15.6 Å².